The second kappa shape index (κ2) is 8.78. The molecular weight excluding hydrogens is 428 g/mol. The first-order valence-electron chi connectivity index (χ1n) is 13.3. The number of hydrogen-bond acceptors (Lipinski definition) is 2. The summed E-state index contributed by atoms with van der Waals surface area (Å²) in [6.07, 6.45) is 10.1. The molecule has 1 N–H and O–H groups in total. The third-order valence-electron chi connectivity index (χ3n) is 9.28. The van der Waals surface area contributed by atoms with Crippen LogP contribution in [0.15, 0.2) is 72.8 Å². The Bertz CT molecular complexity index is 1210. The Morgan fingerprint density at radius 1 is 0.941 bits per heavy atom. The fourth-order valence-electron chi connectivity index (χ4n) is 7.71. The molecule has 0 radical (unpaired) electrons. The van der Waals surface area contributed by atoms with Gasteiger partial charge >= 0.3 is 0 Å². The van der Waals surface area contributed by atoms with E-state index in [0.717, 1.165) is 24.5 Å². The molecule has 0 spiro atoms. The SMILES string of the molecule is CCC1CC2C(c3c4ccccc4cc4ccccc34)=CC=CC2C1[Si](C)(C)N1CCNCC1. The van der Waals surface area contributed by atoms with Crippen molar-refractivity contribution in [2.24, 2.45) is 17.8 Å². The molecule has 3 aliphatic rings. The largest absolute Gasteiger partial charge is 0.321 e. The highest BCUT2D eigenvalue weighted by Gasteiger charge is 2.53. The van der Waals surface area contributed by atoms with Gasteiger partial charge < -0.3 is 9.88 Å². The summed E-state index contributed by atoms with van der Waals surface area (Å²) in [5, 5.41) is 9.13. The lowest BCUT2D eigenvalue weighted by Gasteiger charge is -2.47. The third-order valence-corrected chi connectivity index (χ3v) is 13.8. The zero-order valence-corrected chi connectivity index (χ0v) is 21.9. The van der Waals surface area contributed by atoms with Gasteiger partial charge in [0.1, 0.15) is 8.24 Å². The molecule has 176 valence electrons. The second-order valence-corrected chi connectivity index (χ2v) is 15.8. The van der Waals surface area contributed by atoms with E-state index in [1.807, 2.05) is 0 Å². The number of hydrogen-bond donors (Lipinski definition) is 1. The van der Waals surface area contributed by atoms with E-state index < -0.39 is 8.24 Å². The van der Waals surface area contributed by atoms with Gasteiger partial charge in [0.2, 0.25) is 0 Å². The molecule has 1 aliphatic heterocycles. The molecule has 3 aromatic rings. The number of piperazine rings is 1. The number of rotatable bonds is 4. The topological polar surface area (TPSA) is 15.3 Å². The van der Waals surface area contributed by atoms with Crippen LogP contribution in [0.5, 0.6) is 0 Å². The van der Waals surface area contributed by atoms with E-state index in [0.29, 0.717) is 11.8 Å². The van der Waals surface area contributed by atoms with Gasteiger partial charge in [0.15, 0.2) is 0 Å². The predicted octanol–water partition coefficient (Wildman–Crippen LogP) is 7.09. The highest BCUT2D eigenvalue weighted by Crippen LogP contribution is 2.59. The highest BCUT2D eigenvalue weighted by atomic mass is 28.3. The quantitative estimate of drug-likeness (QED) is 0.326. The van der Waals surface area contributed by atoms with Crippen LogP contribution in [0.2, 0.25) is 18.6 Å². The Morgan fingerprint density at radius 2 is 1.59 bits per heavy atom. The summed E-state index contributed by atoms with van der Waals surface area (Å²) in [7, 11) is -1.58. The number of fused-ring (bicyclic) bond motifs is 3. The molecule has 1 heterocycles. The summed E-state index contributed by atoms with van der Waals surface area (Å²) in [6.45, 7) is 12.5. The summed E-state index contributed by atoms with van der Waals surface area (Å²) in [6, 6.07) is 20.4. The van der Waals surface area contributed by atoms with Crippen LogP contribution in [0.3, 0.4) is 0 Å². The van der Waals surface area contributed by atoms with Crippen molar-refractivity contribution >= 4 is 35.4 Å². The summed E-state index contributed by atoms with van der Waals surface area (Å²) in [5.74, 6) is 2.11. The predicted molar refractivity (Wildman–Crippen MR) is 150 cm³/mol. The fourth-order valence-corrected chi connectivity index (χ4v) is 12.3. The van der Waals surface area contributed by atoms with Gasteiger partial charge in [0, 0.05) is 26.2 Å². The molecule has 3 aromatic carbocycles. The Labute approximate surface area is 205 Å². The van der Waals surface area contributed by atoms with E-state index in [1.54, 1.807) is 5.57 Å². The van der Waals surface area contributed by atoms with E-state index in [-0.39, 0.29) is 0 Å². The van der Waals surface area contributed by atoms with E-state index >= 15 is 0 Å². The smallest absolute Gasteiger partial charge is 0.126 e. The molecule has 1 saturated carbocycles. The number of benzene rings is 3. The Balaban J connectivity index is 1.47. The third kappa shape index (κ3) is 3.52. The molecular formula is C31H38N2Si. The minimum absolute atomic E-state index is 0.629. The molecule has 3 heteroatoms. The van der Waals surface area contributed by atoms with Crippen molar-refractivity contribution in [3.8, 4) is 0 Å². The summed E-state index contributed by atoms with van der Waals surface area (Å²) >= 11 is 0. The first-order chi connectivity index (χ1) is 16.6. The first-order valence-corrected chi connectivity index (χ1v) is 16.4. The lowest BCUT2D eigenvalue weighted by molar-refractivity contribution is 0.337. The minimum Gasteiger partial charge on any atom is -0.321 e. The zero-order valence-electron chi connectivity index (χ0n) is 20.9. The fraction of sp³-hybridized carbons (Fsp3) is 0.419. The average Bonchev–Trinajstić information content (AvgIpc) is 3.28. The average molecular weight is 467 g/mol. The molecule has 6 rings (SSSR count). The molecule has 0 amide bonds. The van der Waals surface area contributed by atoms with Gasteiger partial charge in [-0.2, -0.15) is 0 Å². The van der Waals surface area contributed by atoms with Gasteiger partial charge in [0.05, 0.1) is 0 Å². The van der Waals surface area contributed by atoms with Crippen molar-refractivity contribution in [2.45, 2.75) is 38.4 Å². The Kier molecular flexibility index (Phi) is 5.75. The lowest BCUT2D eigenvalue weighted by Crippen LogP contribution is -2.60. The molecule has 0 aromatic heterocycles. The van der Waals surface area contributed by atoms with Gasteiger partial charge in [0.25, 0.3) is 0 Å². The van der Waals surface area contributed by atoms with Crippen molar-refractivity contribution < 1.29 is 0 Å². The maximum absolute atomic E-state index is 3.58. The summed E-state index contributed by atoms with van der Waals surface area (Å²) < 4.78 is 2.92. The molecule has 2 nitrogen and oxygen atoms in total. The van der Waals surface area contributed by atoms with Crippen LogP contribution in [0.1, 0.15) is 25.3 Å². The second-order valence-electron chi connectivity index (χ2n) is 11.2. The van der Waals surface area contributed by atoms with Crippen LogP contribution in [-0.4, -0.2) is 39.0 Å². The minimum atomic E-state index is -1.58. The van der Waals surface area contributed by atoms with Crippen molar-refractivity contribution in [3.05, 3.63) is 78.4 Å². The van der Waals surface area contributed by atoms with Crippen LogP contribution in [0.4, 0.5) is 0 Å². The van der Waals surface area contributed by atoms with E-state index in [1.165, 1.54) is 53.0 Å². The maximum atomic E-state index is 3.58. The summed E-state index contributed by atoms with van der Waals surface area (Å²) in [5.41, 5.74) is 3.90. The lowest BCUT2D eigenvalue weighted by atomic mass is 9.78. The van der Waals surface area contributed by atoms with Crippen molar-refractivity contribution in [2.75, 3.05) is 26.2 Å². The van der Waals surface area contributed by atoms with Crippen LogP contribution in [0, 0.1) is 17.8 Å². The van der Waals surface area contributed by atoms with E-state index in [9.17, 15) is 0 Å². The van der Waals surface area contributed by atoms with E-state index in [4.69, 9.17) is 0 Å². The number of nitrogens with one attached hydrogen (secondary N) is 1. The van der Waals surface area contributed by atoms with E-state index in [2.05, 4.69) is 103 Å². The Morgan fingerprint density at radius 3 is 2.24 bits per heavy atom. The van der Waals surface area contributed by atoms with Crippen molar-refractivity contribution in [1.29, 1.82) is 0 Å². The molecule has 34 heavy (non-hydrogen) atoms. The standard InChI is InChI=1S/C31H38N2Si/c1-4-22-21-29-27(14-9-15-28(29)31(22)34(2,3)33-18-16-32-17-19-33)30-25-12-7-5-10-23(25)20-24-11-6-8-13-26(24)30/h5-15,20,22,28-29,31-32H,4,16-19,21H2,1-3H3. The number of nitrogens with zero attached hydrogens (tertiary/aromatic N) is 1. The van der Waals surface area contributed by atoms with Gasteiger partial charge in [-0.15, -0.1) is 0 Å². The monoisotopic (exact) mass is 466 g/mol. The van der Waals surface area contributed by atoms with Crippen LogP contribution in [0.25, 0.3) is 27.1 Å². The first kappa shape index (κ1) is 22.3. The van der Waals surface area contributed by atoms with Gasteiger partial charge in [-0.25, -0.2) is 0 Å². The van der Waals surface area contributed by atoms with Crippen LogP contribution in [-0.2, 0) is 0 Å². The maximum Gasteiger partial charge on any atom is 0.126 e. The molecule has 0 bridgehead atoms. The zero-order chi connectivity index (χ0) is 23.3. The van der Waals surface area contributed by atoms with Gasteiger partial charge in [-0.3, -0.25) is 0 Å². The Hall–Kier alpha value is -2.20. The van der Waals surface area contributed by atoms with Crippen LogP contribution < -0.4 is 5.32 Å². The molecule has 2 fully saturated rings. The molecule has 2 aliphatic carbocycles. The number of allylic oxidation sites excluding steroid dienone is 4. The van der Waals surface area contributed by atoms with Crippen molar-refractivity contribution in [1.82, 2.24) is 9.88 Å². The molecule has 4 unspecified atom stereocenters. The highest BCUT2D eigenvalue weighted by molar-refractivity contribution is 6.76. The normalized spacial score (nSPS) is 27.8. The van der Waals surface area contributed by atoms with Gasteiger partial charge in [-0.05, 0) is 68.5 Å². The molecule has 4 atom stereocenters. The summed E-state index contributed by atoms with van der Waals surface area (Å²) in [4.78, 5) is 0. The van der Waals surface area contributed by atoms with Crippen LogP contribution >= 0.6 is 0 Å². The van der Waals surface area contributed by atoms with Gasteiger partial charge in [-0.1, -0.05) is 93.2 Å². The molecule has 1 saturated heterocycles. The van der Waals surface area contributed by atoms with Crippen molar-refractivity contribution in [3.63, 3.8) is 0 Å².